The summed E-state index contributed by atoms with van der Waals surface area (Å²) in [4.78, 5) is 32.5. The van der Waals surface area contributed by atoms with Crippen LogP contribution in [0.4, 0.5) is 4.79 Å². The number of carboxylic acids is 2. The van der Waals surface area contributed by atoms with E-state index < -0.39 is 30.4 Å². The van der Waals surface area contributed by atoms with Crippen molar-refractivity contribution in [3.63, 3.8) is 0 Å². The van der Waals surface area contributed by atoms with Gasteiger partial charge in [0.1, 0.15) is 6.04 Å². The minimum atomic E-state index is -1.43. The molecule has 0 aromatic rings. The molecular weight excluding hydrogens is 244 g/mol. The fraction of sp³-hybridized carbons (Fsp3) is 0.700. The van der Waals surface area contributed by atoms with Gasteiger partial charge in [0.2, 0.25) is 0 Å². The largest absolute Gasteiger partial charge is 0.481 e. The molecule has 0 aromatic carbocycles. The van der Waals surface area contributed by atoms with Crippen LogP contribution in [0.1, 0.15) is 12.8 Å². The average molecular weight is 260 g/mol. The number of urea groups is 1. The predicted molar refractivity (Wildman–Crippen MR) is 59.1 cm³/mol. The van der Waals surface area contributed by atoms with Gasteiger partial charge in [-0.2, -0.15) is 0 Å². The first kappa shape index (κ1) is 14.2. The van der Waals surface area contributed by atoms with Crippen LogP contribution in [-0.2, 0) is 14.3 Å². The van der Waals surface area contributed by atoms with Crippen molar-refractivity contribution in [1.29, 1.82) is 0 Å². The van der Waals surface area contributed by atoms with Crippen LogP contribution in [0.5, 0.6) is 0 Å². The lowest BCUT2D eigenvalue weighted by molar-refractivity contribution is -0.145. The maximum absolute atomic E-state index is 11.4. The molecule has 1 aliphatic rings. The van der Waals surface area contributed by atoms with Crippen LogP contribution < -0.4 is 10.6 Å². The summed E-state index contributed by atoms with van der Waals surface area (Å²) in [5.74, 6) is -2.44. The van der Waals surface area contributed by atoms with Gasteiger partial charge in [0.25, 0.3) is 0 Å². The molecule has 0 radical (unpaired) electrons. The van der Waals surface area contributed by atoms with Crippen LogP contribution in [0.3, 0.4) is 0 Å². The molecule has 18 heavy (non-hydrogen) atoms. The highest BCUT2D eigenvalue weighted by Gasteiger charge is 2.23. The second-order valence-corrected chi connectivity index (χ2v) is 4.07. The highest BCUT2D eigenvalue weighted by molar-refractivity contribution is 5.86. The Morgan fingerprint density at radius 1 is 1.33 bits per heavy atom. The molecular formula is C10H16N2O6. The van der Waals surface area contributed by atoms with Crippen molar-refractivity contribution in [1.82, 2.24) is 10.6 Å². The molecule has 1 unspecified atom stereocenters. The number of hydrogen-bond donors (Lipinski definition) is 4. The van der Waals surface area contributed by atoms with Crippen molar-refractivity contribution in [2.24, 2.45) is 5.92 Å². The quantitative estimate of drug-likeness (QED) is 0.498. The van der Waals surface area contributed by atoms with Crippen LogP contribution in [0.15, 0.2) is 0 Å². The lowest BCUT2D eigenvalue weighted by atomic mass is 10.1. The summed E-state index contributed by atoms with van der Waals surface area (Å²) in [5.41, 5.74) is 0. The van der Waals surface area contributed by atoms with E-state index in [-0.39, 0.29) is 5.92 Å². The van der Waals surface area contributed by atoms with Gasteiger partial charge < -0.3 is 25.6 Å². The number of carboxylic acid groups (broad SMARTS) is 2. The first-order valence-electron chi connectivity index (χ1n) is 5.55. The number of carbonyl (C=O) groups is 3. The molecule has 2 amide bonds. The zero-order valence-electron chi connectivity index (χ0n) is 9.72. The van der Waals surface area contributed by atoms with Gasteiger partial charge in [-0.15, -0.1) is 0 Å². The molecule has 8 heteroatoms. The van der Waals surface area contributed by atoms with Gasteiger partial charge in [-0.05, 0) is 6.42 Å². The number of amides is 2. The summed E-state index contributed by atoms with van der Waals surface area (Å²) < 4.78 is 5.12. The first-order valence-corrected chi connectivity index (χ1v) is 5.55. The fourth-order valence-corrected chi connectivity index (χ4v) is 1.57. The van der Waals surface area contributed by atoms with Crippen molar-refractivity contribution in [3.05, 3.63) is 0 Å². The lowest BCUT2D eigenvalue weighted by Crippen LogP contribution is -2.47. The Kier molecular flexibility index (Phi) is 5.37. The van der Waals surface area contributed by atoms with Gasteiger partial charge in [0.15, 0.2) is 0 Å². The third-order valence-electron chi connectivity index (χ3n) is 2.56. The van der Waals surface area contributed by atoms with Crippen LogP contribution in [0.25, 0.3) is 0 Å². The molecule has 102 valence electrons. The van der Waals surface area contributed by atoms with Gasteiger partial charge in [-0.1, -0.05) is 0 Å². The minimum absolute atomic E-state index is 0.221. The Bertz CT molecular complexity index is 326. The maximum atomic E-state index is 11.4. The standard InChI is InChI=1S/C10H16N2O6/c13-8(14)3-7(9(15)16)12-10(17)11-4-6-1-2-18-5-6/h6-7H,1-5H2,(H,13,14)(H,15,16)(H2,11,12,17)/t6?,7-/m1/s1. The van der Waals surface area contributed by atoms with Crippen molar-refractivity contribution in [3.8, 4) is 0 Å². The van der Waals surface area contributed by atoms with Gasteiger partial charge in [0, 0.05) is 19.1 Å². The molecule has 1 fully saturated rings. The topological polar surface area (TPSA) is 125 Å². The predicted octanol–water partition coefficient (Wildman–Crippen LogP) is -0.750. The number of aliphatic carboxylic acids is 2. The maximum Gasteiger partial charge on any atom is 0.326 e. The van der Waals surface area contributed by atoms with E-state index >= 15 is 0 Å². The fourth-order valence-electron chi connectivity index (χ4n) is 1.57. The number of rotatable bonds is 6. The van der Waals surface area contributed by atoms with Gasteiger partial charge in [-0.3, -0.25) is 4.79 Å². The summed E-state index contributed by atoms with van der Waals surface area (Å²) in [7, 11) is 0. The molecule has 0 aliphatic carbocycles. The van der Waals surface area contributed by atoms with E-state index in [4.69, 9.17) is 14.9 Å². The summed E-state index contributed by atoms with van der Waals surface area (Å²) in [6, 6.07) is -2.11. The van der Waals surface area contributed by atoms with E-state index in [0.29, 0.717) is 19.8 Å². The van der Waals surface area contributed by atoms with E-state index in [1.54, 1.807) is 0 Å². The normalized spacial score (nSPS) is 20.1. The number of ether oxygens (including phenoxy) is 1. The molecule has 1 rings (SSSR count). The second-order valence-electron chi connectivity index (χ2n) is 4.07. The summed E-state index contributed by atoms with van der Waals surface area (Å²) in [6.45, 7) is 1.60. The van der Waals surface area contributed by atoms with Crippen molar-refractivity contribution in [2.75, 3.05) is 19.8 Å². The van der Waals surface area contributed by atoms with E-state index in [9.17, 15) is 14.4 Å². The average Bonchev–Trinajstić information content (AvgIpc) is 2.77. The highest BCUT2D eigenvalue weighted by atomic mass is 16.5. The number of nitrogens with one attached hydrogen (secondary N) is 2. The molecule has 0 saturated carbocycles. The molecule has 0 aromatic heterocycles. The van der Waals surface area contributed by atoms with Crippen molar-refractivity contribution in [2.45, 2.75) is 18.9 Å². The van der Waals surface area contributed by atoms with Gasteiger partial charge in [0.05, 0.1) is 13.0 Å². The van der Waals surface area contributed by atoms with Crippen molar-refractivity contribution >= 4 is 18.0 Å². The monoisotopic (exact) mass is 260 g/mol. The molecule has 2 atom stereocenters. The van der Waals surface area contributed by atoms with Crippen molar-refractivity contribution < 1.29 is 29.3 Å². The smallest absolute Gasteiger partial charge is 0.326 e. The Hall–Kier alpha value is -1.83. The highest BCUT2D eigenvalue weighted by Crippen LogP contribution is 2.10. The molecule has 1 saturated heterocycles. The zero-order chi connectivity index (χ0) is 13.5. The lowest BCUT2D eigenvalue weighted by Gasteiger charge is -2.14. The first-order chi connectivity index (χ1) is 8.49. The Labute approximate surface area is 103 Å². The Morgan fingerprint density at radius 2 is 2.06 bits per heavy atom. The minimum Gasteiger partial charge on any atom is -0.481 e. The summed E-state index contributed by atoms with van der Waals surface area (Å²) in [6.07, 6.45) is 0.188. The van der Waals surface area contributed by atoms with Gasteiger partial charge >= 0.3 is 18.0 Å². The number of hydrogen-bond acceptors (Lipinski definition) is 4. The molecule has 1 heterocycles. The van der Waals surface area contributed by atoms with Crippen LogP contribution in [0, 0.1) is 5.92 Å². The van der Waals surface area contributed by atoms with Crippen LogP contribution in [0.2, 0.25) is 0 Å². The zero-order valence-corrected chi connectivity index (χ0v) is 9.72. The number of carbonyl (C=O) groups excluding carboxylic acids is 1. The molecule has 0 spiro atoms. The second kappa shape index (κ2) is 6.80. The molecule has 0 bridgehead atoms. The summed E-state index contributed by atoms with van der Waals surface area (Å²) >= 11 is 0. The van der Waals surface area contributed by atoms with E-state index in [1.807, 2.05) is 0 Å². The van der Waals surface area contributed by atoms with E-state index in [0.717, 1.165) is 6.42 Å². The third kappa shape index (κ3) is 5.00. The third-order valence-corrected chi connectivity index (χ3v) is 2.56. The van der Waals surface area contributed by atoms with Crippen LogP contribution in [-0.4, -0.2) is 54.0 Å². The molecule has 8 nitrogen and oxygen atoms in total. The Balaban J connectivity index is 2.31. The summed E-state index contributed by atoms with van der Waals surface area (Å²) in [5, 5.41) is 21.8. The van der Waals surface area contributed by atoms with E-state index in [2.05, 4.69) is 10.6 Å². The van der Waals surface area contributed by atoms with Crippen LogP contribution >= 0.6 is 0 Å². The molecule has 1 aliphatic heterocycles. The van der Waals surface area contributed by atoms with Gasteiger partial charge in [-0.25, -0.2) is 9.59 Å². The van der Waals surface area contributed by atoms with E-state index in [1.165, 1.54) is 0 Å². The Morgan fingerprint density at radius 3 is 2.56 bits per heavy atom. The molecule has 4 N–H and O–H groups in total. The SMILES string of the molecule is O=C(O)C[C@@H](NC(=O)NCC1CCOC1)C(=O)O.